The van der Waals surface area contributed by atoms with Crippen LogP contribution in [0.2, 0.25) is 0 Å². The first kappa shape index (κ1) is 18.5. The van der Waals surface area contributed by atoms with Gasteiger partial charge in [-0.15, -0.1) is 0 Å². The predicted octanol–water partition coefficient (Wildman–Crippen LogP) is 4.88. The highest BCUT2D eigenvalue weighted by Crippen LogP contribution is 2.13. The summed E-state index contributed by atoms with van der Waals surface area (Å²) in [6.45, 7) is 2.10. The van der Waals surface area contributed by atoms with Crippen LogP contribution in [0.1, 0.15) is 35.7 Å². The van der Waals surface area contributed by atoms with Crippen LogP contribution in [-0.4, -0.2) is 20.0 Å². The fourth-order valence-electron chi connectivity index (χ4n) is 2.43. The lowest BCUT2D eigenvalue weighted by Gasteiger charge is -2.13. The van der Waals surface area contributed by atoms with Gasteiger partial charge in [-0.2, -0.15) is 0 Å². The number of hydrogen-bond donors (Lipinski definition) is 1. The molecule has 0 radical (unpaired) electrons. The Labute approximate surface area is 150 Å². The molecular formula is C22H26N2O. The van der Waals surface area contributed by atoms with Gasteiger partial charge in [-0.25, -0.2) is 0 Å². The Morgan fingerprint density at radius 1 is 1.04 bits per heavy atom. The molecule has 0 heterocycles. The van der Waals surface area contributed by atoms with E-state index in [1.54, 1.807) is 0 Å². The van der Waals surface area contributed by atoms with E-state index in [0.717, 1.165) is 29.8 Å². The quantitative estimate of drug-likeness (QED) is 0.732. The number of anilines is 1. The van der Waals surface area contributed by atoms with Crippen molar-refractivity contribution in [2.45, 2.75) is 19.8 Å². The molecular weight excluding hydrogens is 308 g/mol. The van der Waals surface area contributed by atoms with Gasteiger partial charge in [-0.3, -0.25) is 4.79 Å². The molecule has 1 amide bonds. The molecule has 2 rings (SSSR count). The van der Waals surface area contributed by atoms with Crippen LogP contribution in [0.3, 0.4) is 0 Å². The van der Waals surface area contributed by atoms with Crippen molar-refractivity contribution >= 4 is 17.7 Å². The second-order valence-electron chi connectivity index (χ2n) is 6.11. The van der Waals surface area contributed by atoms with E-state index in [9.17, 15) is 4.79 Å². The van der Waals surface area contributed by atoms with E-state index < -0.39 is 0 Å². The zero-order valence-corrected chi connectivity index (χ0v) is 15.2. The van der Waals surface area contributed by atoms with E-state index in [2.05, 4.69) is 24.4 Å². The molecule has 2 aromatic carbocycles. The molecule has 0 unspecified atom stereocenters. The fourth-order valence-corrected chi connectivity index (χ4v) is 2.43. The van der Waals surface area contributed by atoms with Crippen LogP contribution < -0.4 is 10.2 Å². The van der Waals surface area contributed by atoms with E-state index in [0.29, 0.717) is 5.56 Å². The molecule has 3 nitrogen and oxygen atoms in total. The zero-order valence-electron chi connectivity index (χ0n) is 15.2. The molecule has 0 aromatic heterocycles. The molecule has 0 aliphatic heterocycles. The third kappa shape index (κ3) is 5.96. The van der Waals surface area contributed by atoms with Gasteiger partial charge in [-0.05, 0) is 42.3 Å². The Hall–Kier alpha value is -2.81. The third-order valence-corrected chi connectivity index (χ3v) is 3.82. The summed E-state index contributed by atoms with van der Waals surface area (Å²) < 4.78 is 0. The number of nitrogens with zero attached hydrogens (tertiary/aromatic N) is 1. The minimum absolute atomic E-state index is 0.0712. The lowest BCUT2D eigenvalue weighted by molar-refractivity contribution is 0.0964. The van der Waals surface area contributed by atoms with Crippen LogP contribution in [0.5, 0.6) is 0 Å². The first-order valence-corrected chi connectivity index (χ1v) is 8.61. The van der Waals surface area contributed by atoms with Crippen LogP contribution in [0, 0.1) is 0 Å². The Morgan fingerprint density at radius 3 is 2.32 bits per heavy atom. The van der Waals surface area contributed by atoms with Gasteiger partial charge in [-0.1, -0.05) is 55.8 Å². The largest absolute Gasteiger partial charge is 0.378 e. The van der Waals surface area contributed by atoms with Gasteiger partial charge in [0.05, 0.1) is 0 Å². The SMILES string of the molecule is CCC/C(=C\C=C\c1ccccc1)NC(=O)c1ccc(N(C)C)cc1. The van der Waals surface area contributed by atoms with Gasteiger partial charge < -0.3 is 10.2 Å². The highest BCUT2D eigenvalue weighted by Gasteiger charge is 2.07. The first-order chi connectivity index (χ1) is 12.1. The van der Waals surface area contributed by atoms with Crippen LogP contribution in [0.15, 0.2) is 72.4 Å². The van der Waals surface area contributed by atoms with Crippen molar-refractivity contribution < 1.29 is 4.79 Å². The standard InChI is InChI=1S/C22H26N2O/c1-4-9-20(13-8-12-18-10-6-5-7-11-18)23-22(25)19-14-16-21(17-15-19)24(2)3/h5-8,10-17H,4,9H2,1-3H3,(H,23,25)/b12-8+,20-13+. The van der Waals surface area contributed by atoms with E-state index in [1.807, 2.05) is 79.7 Å². The number of rotatable bonds is 7. The van der Waals surface area contributed by atoms with E-state index in [4.69, 9.17) is 0 Å². The van der Waals surface area contributed by atoms with Gasteiger partial charge in [0.1, 0.15) is 0 Å². The maximum Gasteiger partial charge on any atom is 0.255 e. The Bertz CT molecular complexity index is 728. The molecule has 0 fully saturated rings. The van der Waals surface area contributed by atoms with Gasteiger partial charge in [0.2, 0.25) is 0 Å². The Kier molecular flexibility index (Phi) is 7.02. The normalized spacial score (nSPS) is 11.6. The highest BCUT2D eigenvalue weighted by atomic mass is 16.1. The highest BCUT2D eigenvalue weighted by molar-refractivity contribution is 5.95. The van der Waals surface area contributed by atoms with Gasteiger partial charge in [0.25, 0.3) is 5.91 Å². The van der Waals surface area contributed by atoms with Crippen LogP contribution in [0.25, 0.3) is 6.08 Å². The Balaban J connectivity index is 2.05. The topological polar surface area (TPSA) is 32.3 Å². The second-order valence-corrected chi connectivity index (χ2v) is 6.11. The second kappa shape index (κ2) is 9.48. The van der Waals surface area contributed by atoms with E-state index in [-0.39, 0.29) is 5.91 Å². The van der Waals surface area contributed by atoms with Crippen LogP contribution in [-0.2, 0) is 0 Å². The van der Waals surface area contributed by atoms with Gasteiger partial charge >= 0.3 is 0 Å². The molecule has 25 heavy (non-hydrogen) atoms. The number of carbonyl (C=O) groups is 1. The number of carbonyl (C=O) groups excluding carboxylic acids is 1. The van der Waals surface area contributed by atoms with Crippen molar-refractivity contribution in [3.05, 3.63) is 83.6 Å². The predicted molar refractivity (Wildman–Crippen MR) is 107 cm³/mol. The minimum Gasteiger partial charge on any atom is -0.378 e. The third-order valence-electron chi connectivity index (χ3n) is 3.82. The number of benzene rings is 2. The molecule has 0 spiro atoms. The molecule has 0 bridgehead atoms. The van der Waals surface area contributed by atoms with Gasteiger partial charge in [0, 0.05) is 31.0 Å². The van der Waals surface area contributed by atoms with Crippen molar-refractivity contribution in [1.29, 1.82) is 0 Å². The van der Waals surface area contributed by atoms with E-state index >= 15 is 0 Å². The Morgan fingerprint density at radius 2 is 1.72 bits per heavy atom. The molecule has 0 saturated carbocycles. The summed E-state index contributed by atoms with van der Waals surface area (Å²) >= 11 is 0. The van der Waals surface area contributed by atoms with Crippen molar-refractivity contribution in [2.75, 3.05) is 19.0 Å². The summed E-state index contributed by atoms with van der Waals surface area (Å²) in [7, 11) is 3.96. The summed E-state index contributed by atoms with van der Waals surface area (Å²) in [5.74, 6) is -0.0712. The lowest BCUT2D eigenvalue weighted by atomic mass is 10.1. The summed E-state index contributed by atoms with van der Waals surface area (Å²) in [5.41, 5.74) is 3.81. The van der Waals surface area contributed by atoms with Crippen LogP contribution in [0.4, 0.5) is 5.69 Å². The molecule has 0 atom stereocenters. The monoisotopic (exact) mass is 334 g/mol. The van der Waals surface area contributed by atoms with E-state index in [1.165, 1.54) is 0 Å². The molecule has 0 saturated heterocycles. The van der Waals surface area contributed by atoms with Crippen molar-refractivity contribution in [1.82, 2.24) is 5.32 Å². The van der Waals surface area contributed by atoms with Crippen LogP contribution >= 0.6 is 0 Å². The number of nitrogens with one attached hydrogen (secondary N) is 1. The zero-order chi connectivity index (χ0) is 18.1. The number of hydrogen-bond acceptors (Lipinski definition) is 2. The summed E-state index contributed by atoms with van der Waals surface area (Å²) in [6.07, 6.45) is 7.80. The fraction of sp³-hybridized carbons (Fsp3) is 0.227. The summed E-state index contributed by atoms with van der Waals surface area (Å²) in [4.78, 5) is 14.5. The average Bonchev–Trinajstić information content (AvgIpc) is 2.62. The van der Waals surface area contributed by atoms with Crippen molar-refractivity contribution in [2.24, 2.45) is 0 Å². The average molecular weight is 334 g/mol. The molecule has 2 aromatic rings. The molecule has 0 aliphatic carbocycles. The minimum atomic E-state index is -0.0712. The smallest absolute Gasteiger partial charge is 0.255 e. The summed E-state index contributed by atoms with van der Waals surface area (Å²) in [5, 5.41) is 3.03. The molecule has 3 heteroatoms. The molecule has 0 aliphatic rings. The number of allylic oxidation sites excluding steroid dienone is 3. The van der Waals surface area contributed by atoms with Gasteiger partial charge in [0.15, 0.2) is 0 Å². The van der Waals surface area contributed by atoms with Crippen molar-refractivity contribution in [3.63, 3.8) is 0 Å². The maximum atomic E-state index is 12.5. The summed E-state index contributed by atoms with van der Waals surface area (Å²) in [6, 6.07) is 17.7. The van der Waals surface area contributed by atoms with Crippen molar-refractivity contribution in [3.8, 4) is 0 Å². The molecule has 130 valence electrons. The first-order valence-electron chi connectivity index (χ1n) is 8.61. The number of amides is 1. The lowest BCUT2D eigenvalue weighted by Crippen LogP contribution is -2.22. The maximum absolute atomic E-state index is 12.5. The molecule has 1 N–H and O–H groups in total.